The Morgan fingerprint density at radius 1 is 1.15 bits per heavy atom. The van der Waals surface area contributed by atoms with E-state index >= 15 is 0 Å². The van der Waals surface area contributed by atoms with E-state index < -0.39 is 10.8 Å². The number of fused-ring (bicyclic) bond motifs is 1. The van der Waals surface area contributed by atoms with Gasteiger partial charge in [-0.2, -0.15) is 0 Å². The Morgan fingerprint density at radius 3 is 2.70 bits per heavy atom. The summed E-state index contributed by atoms with van der Waals surface area (Å²) in [6.45, 7) is 0.973. The summed E-state index contributed by atoms with van der Waals surface area (Å²) in [7, 11) is -1.44. The largest absolute Gasteiger partial charge is 0.486 e. The van der Waals surface area contributed by atoms with E-state index in [4.69, 9.17) is 13.9 Å². The summed E-state index contributed by atoms with van der Waals surface area (Å²) >= 11 is 0. The van der Waals surface area contributed by atoms with Crippen molar-refractivity contribution in [2.75, 3.05) is 19.0 Å². The highest BCUT2D eigenvalue weighted by Gasteiger charge is 2.18. The first-order valence-electron chi connectivity index (χ1n) is 6.09. The molecular weight excluding hydrogens is 280 g/mol. The van der Waals surface area contributed by atoms with Crippen LogP contribution in [0.2, 0.25) is 0 Å². The average Bonchev–Trinajstić information content (AvgIpc) is 3.01. The molecule has 1 aliphatic rings. The van der Waals surface area contributed by atoms with Crippen LogP contribution in [-0.4, -0.2) is 29.0 Å². The van der Waals surface area contributed by atoms with Crippen molar-refractivity contribution in [2.24, 2.45) is 0 Å². The van der Waals surface area contributed by atoms with Gasteiger partial charge < -0.3 is 13.9 Å². The monoisotopic (exact) mass is 292 g/mol. The van der Waals surface area contributed by atoms with Gasteiger partial charge in [-0.15, -0.1) is 0 Å². The third kappa shape index (κ3) is 2.60. The van der Waals surface area contributed by atoms with Crippen molar-refractivity contribution in [1.29, 1.82) is 0 Å². The Hall–Kier alpha value is -2.08. The van der Waals surface area contributed by atoms with Crippen molar-refractivity contribution in [1.82, 2.24) is 0 Å². The SMILES string of the molecule is O=C(CS(=O)c1ccc2c(c1)OCCO2)c1ccco1. The average molecular weight is 292 g/mol. The lowest BCUT2D eigenvalue weighted by Crippen LogP contribution is -2.16. The molecule has 0 bridgehead atoms. The zero-order chi connectivity index (χ0) is 13.9. The normalized spacial score (nSPS) is 14.8. The van der Waals surface area contributed by atoms with Crippen molar-refractivity contribution in [2.45, 2.75) is 4.90 Å². The van der Waals surface area contributed by atoms with E-state index in [1.807, 2.05) is 0 Å². The molecule has 0 N–H and O–H groups in total. The molecule has 0 saturated carbocycles. The maximum Gasteiger partial charge on any atom is 0.210 e. The summed E-state index contributed by atoms with van der Waals surface area (Å²) in [5.41, 5.74) is 0. The maximum absolute atomic E-state index is 12.2. The van der Waals surface area contributed by atoms with Crippen molar-refractivity contribution in [3.63, 3.8) is 0 Å². The molecular formula is C14H12O5S. The maximum atomic E-state index is 12.2. The Balaban J connectivity index is 1.76. The number of ether oxygens (including phenoxy) is 2. The van der Waals surface area contributed by atoms with Gasteiger partial charge in [-0.25, -0.2) is 0 Å². The predicted octanol–water partition coefficient (Wildman–Crippen LogP) is 2.04. The van der Waals surface area contributed by atoms with Crippen LogP contribution in [0.4, 0.5) is 0 Å². The molecule has 0 aliphatic carbocycles. The minimum atomic E-state index is -1.44. The van der Waals surface area contributed by atoms with Crippen LogP contribution in [0.15, 0.2) is 45.9 Å². The highest BCUT2D eigenvalue weighted by Crippen LogP contribution is 2.31. The molecule has 6 heteroatoms. The number of ketones is 1. The van der Waals surface area contributed by atoms with Crippen LogP contribution in [0.3, 0.4) is 0 Å². The summed E-state index contributed by atoms with van der Waals surface area (Å²) in [4.78, 5) is 12.4. The Bertz CT molecular complexity index is 648. The first kappa shape index (κ1) is 12.9. The fraction of sp³-hybridized carbons (Fsp3) is 0.214. The second-order valence-electron chi connectivity index (χ2n) is 4.20. The number of carbonyl (C=O) groups is 1. The minimum absolute atomic E-state index is 0.118. The molecule has 2 heterocycles. The predicted molar refractivity (Wildman–Crippen MR) is 71.7 cm³/mol. The second-order valence-corrected chi connectivity index (χ2v) is 5.65. The van der Waals surface area contributed by atoms with Crippen LogP contribution in [0, 0.1) is 0 Å². The van der Waals surface area contributed by atoms with Crippen LogP contribution >= 0.6 is 0 Å². The van der Waals surface area contributed by atoms with Crippen LogP contribution in [0.1, 0.15) is 10.6 Å². The number of rotatable bonds is 4. The van der Waals surface area contributed by atoms with Crippen molar-refractivity contribution >= 4 is 16.6 Å². The van der Waals surface area contributed by atoms with E-state index in [0.29, 0.717) is 29.6 Å². The Morgan fingerprint density at radius 2 is 1.95 bits per heavy atom. The lowest BCUT2D eigenvalue weighted by Gasteiger charge is -2.18. The summed E-state index contributed by atoms with van der Waals surface area (Å²) in [5, 5.41) is 0. The zero-order valence-electron chi connectivity index (χ0n) is 10.5. The molecule has 1 unspecified atom stereocenters. The summed E-state index contributed by atoms with van der Waals surface area (Å²) < 4.78 is 28.0. The van der Waals surface area contributed by atoms with Gasteiger partial charge >= 0.3 is 0 Å². The first-order chi connectivity index (χ1) is 9.74. The summed E-state index contributed by atoms with van der Waals surface area (Å²) in [5.74, 6) is 1.01. The first-order valence-corrected chi connectivity index (χ1v) is 7.40. The zero-order valence-corrected chi connectivity index (χ0v) is 11.4. The van der Waals surface area contributed by atoms with Crippen molar-refractivity contribution in [3.05, 3.63) is 42.4 Å². The van der Waals surface area contributed by atoms with E-state index in [0.717, 1.165) is 0 Å². The van der Waals surface area contributed by atoms with Gasteiger partial charge in [-0.1, -0.05) is 0 Å². The molecule has 1 atom stereocenters. The van der Waals surface area contributed by atoms with E-state index in [-0.39, 0.29) is 17.3 Å². The molecule has 104 valence electrons. The fourth-order valence-electron chi connectivity index (χ4n) is 1.88. The highest BCUT2D eigenvalue weighted by atomic mass is 32.2. The van der Waals surface area contributed by atoms with Gasteiger partial charge in [0.1, 0.15) is 13.2 Å². The van der Waals surface area contributed by atoms with Gasteiger partial charge in [0.15, 0.2) is 17.3 Å². The van der Waals surface area contributed by atoms with Crippen LogP contribution in [-0.2, 0) is 10.8 Å². The number of benzene rings is 1. The summed E-state index contributed by atoms with van der Waals surface area (Å²) in [6.07, 6.45) is 1.42. The van der Waals surface area contributed by atoms with Crippen LogP contribution in [0.25, 0.3) is 0 Å². The molecule has 1 aliphatic heterocycles. The molecule has 5 nitrogen and oxygen atoms in total. The van der Waals surface area contributed by atoms with Crippen molar-refractivity contribution < 1.29 is 22.9 Å². The third-order valence-electron chi connectivity index (χ3n) is 2.83. The molecule has 0 fully saturated rings. The van der Waals surface area contributed by atoms with Crippen molar-refractivity contribution in [3.8, 4) is 11.5 Å². The number of hydrogen-bond donors (Lipinski definition) is 0. The van der Waals surface area contributed by atoms with E-state index in [2.05, 4.69) is 0 Å². The number of hydrogen-bond acceptors (Lipinski definition) is 5. The number of carbonyl (C=O) groups excluding carboxylic acids is 1. The van der Waals surface area contributed by atoms with E-state index in [1.165, 1.54) is 6.26 Å². The summed E-state index contributed by atoms with van der Waals surface area (Å²) in [6, 6.07) is 8.22. The van der Waals surface area contributed by atoms with E-state index in [1.54, 1.807) is 30.3 Å². The van der Waals surface area contributed by atoms with Gasteiger partial charge in [0.05, 0.1) is 22.8 Å². The molecule has 0 amide bonds. The quantitative estimate of drug-likeness (QED) is 0.807. The molecule has 20 heavy (non-hydrogen) atoms. The lowest BCUT2D eigenvalue weighted by molar-refractivity contribution is 0.0991. The smallest absolute Gasteiger partial charge is 0.210 e. The van der Waals surface area contributed by atoms with Gasteiger partial charge in [0, 0.05) is 11.0 Å². The fourth-order valence-corrected chi connectivity index (χ4v) is 2.88. The molecule has 3 rings (SSSR count). The van der Waals surface area contributed by atoms with Gasteiger partial charge in [0.2, 0.25) is 5.78 Å². The third-order valence-corrected chi connectivity index (χ3v) is 4.14. The van der Waals surface area contributed by atoms with Crippen LogP contribution < -0.4 is 9.47 Å². The highest BCUT2D eigenvalue weighted by molar-refractivity contribution is 7.85. The number of Topliss-reactive ketones (excluding diaryl/α,β-unsaturated/α-hetero) is 1. The molecule has 1 aromatic heterocycles. The van der Waals surface area contributed by atoms with Gasteiger partial charge in [-0.05, 0) is 24.3 Å². The minimum Gasteiger partial charge on any atom is -0.486 e. The Kier molecular flexibility index (Phi) is 3.56. The topological polar surface area (TPSA) is 65.7 Å². The number of furan rings is 1. The van der Waals surface area contributed by atoms with Gasteiger partial charge in [-0.3, -0.25) is 9.00 Å². The standard InChI is InChI=1S/C14H12O5S/c15-11(12-2-1-5-17-12)9-20(16)10-3-4-13-14(8-10)19-7-6-18-13/h1-5,8H,6-7,9H2. The molecule has 2 aromatic rings. The van der Waals surface area contributed by atoms with Gasteiger partial charge in [0.25, 0.3) is 0 Å². The van der Waals surface area contributed by atoms with Crippen LogP contribution in [0.5, 0.6) is 11.5 Å². The van der Waals surface area contributed by atoms with E-state index in [9.17, 15) is 9.00 Å². The molecule has 1 aromatic carbocycles. The Labute approximate surface area is 117 Å². The second kappa shape index (κ2) is 5.50. The molecule has 0 saturated heterocycles. The molecule has 0 spiro atoms. The molecule has 0 radical (unpaired) electrons. The lowest BCUT2D eigenvalue weighted by atomic mass is 10.3.